The number of hydrogen-bond acceptors (Lipinski definition) is 2. The SMILES string of the molecule is CC(C)(CNC1(c2ccc(F)c(C(F)(F)F)c2)CC1)NC(=O)O. The zero-order chi connectivity index (χ0) is 17.5. The molecule has 0 aromatic heterocycles. The van der Waals surface area contributed by atoms with Gasteiger partial charge in [0.25, 0.3) is 0 Å². The van der Waals surface area contributed by atoms with Crippen molar-refractivity contribution in [2.75, 3.05) is 6.54 Å². The summed E-state index contributed by atoms with van der Waals surface area (Å²) in [6.07, 6.45) is -4.71. The molecule has 1 amide bonds. The van der Waals surface area contributed by atoms with Crippen LogP contribution in [-0.2, 0) is 11.7 Å². The van der Waals surface area contributed by atoms with Crippen LogP contribution in [0.3, 0.4) is 0 Å². The molecule has 0 saturated heterocycles. The number of hydrogen-bond donors (Lipinski definition) is 3. The first-order chi connectivity index (χ1) is 10.5. The molecule has 2 rings (SSSR count). The normalized spacial score (nSPS) is 17.0. The molecule has 1 saturated carbocycles. The van der Waals surface area contributed by atoms with Gasteiger partial charge in [0, 0.05) is 12.1 Å². The topological polar surface area (TPSA) is 61.4 Å². The Morgan fingerprint density at radius 1 is 1.30 bits per heavy atom. The van der Waals surface area contributed by atoms with Crippen LogP contribution in [0.15, 0.2) is 18.2 Å². The Balaban J connectivity index is 2.17. The minimum atomic E-state index is -4.75. The number of benzene rings is 1. The van der Waals surface area contributed by atoms with Gasteiger partial charge in [-0.15, -0.1) is 0 Å². The van der Waals surface area contributed by atoms with Crippen LogP contribution in [0.5, 0.6) is 0 Å². The Kier molecular flexibility index (Phi) is 4.32. The Morgan fingerprint density at radius 2 is 1.91 bits per heavy atom. The van der Waals surface area contributed by atoms with Gasteiger partial charge >= 0.3 is 12.3 Å². The molecule has 4 nitrogen and oxygen atoms in total. The van der Waals surface area contributed by atoms with E-state index in [9.17, 15) is 22.4 Å². The average Bonchev–Trinajstić information content (AvgIpc) is 3.15. The van der Waals surface area contributed by atoms with E-state index in [4.69, 9.17) is 5.11 Å². The van der Waals surface area contributed by atoms with Gasteiger partial charge in [0.15, 0.2) is 0 Å². The van der Waals surface area contributed by atoms with E-state index in [1.54, 1.807) is 13.8 Å². The lowest BCUT2D eigenvalue weighted by Crippen LogP contribution is -2.51. The van der Waals surface area contributed by atoms with E-state index in [0.29, 0.717) is 18.4 Å². The third-order valence-electron chi connectivity index (χ3n) is 3.89. The number of carbonyl (C=O) groups is 1. The summed E-state index contributed by atoms with van der Waals surface area (Å²) in [7, 11) is 0. The van der Waals surface area contributed by atoms with Crippen LogP contribution in [0.2, 0.25) is 0 Å². The van der Waals surface area contributed by atoms with Gasteiger partial charge in [-0.3, -0.25) is 0 Å². The summed E-state index contributed by atoms with van der Waals surface area (Å²) in [5, 5.41) is 14.2. The van der Waals surface area contributed by atoms with E-state index in [1.807, 2.05) is 0 Å². The molecule has 0 aliphatic heterocycles. The van der Waals surface area contributed by atoms with E-state index >= 15 is 0 Å². The Hall–Kier alpha value is -1.83. The largest absolute Gasteiger partial charge is 0.465 e. The van der Waals surface area contributed by atoms with Crippen LogP contribution < -0.4 is 10.6 Å². The molecule has 0 heterocycles. The minimum absolute atomic E-state index is 0.234. The first-order valence-electron chi connectivity index (χ1n) is 7.09. The molecule has 1 aromatic carbocycles. The number of rotatable bonds is 5. The van der Waals surface area contributed by atoms with Crippen molar-refractivity contribution in [1.82, 2.24) is 10.6 Å². The smallest absolute Gasteiger partial charge is 0.419 e. The minimum Gasteiger partial charge on any atom is -0.465 e. The standard InChI is InChI=1S/C15H18F4N2O2/c1-13(2,21-12(22)23)8-20-14(5-6-14)9-3-4-11(16)10(7-9)15(17,18)19/h3-4,7,20-21H,5-6,8H2,1-2H3,(H,22,23). The molecular formula is C15H18F4N2O2. The molecule has 1 fully saturated rings. The van der Waals surface area contributed by atoms with Gasteiger partial charge < -0.3 is 15.7 Å². The second-order valence-electron chi connectivity index (χ2n) is 6.44. The van der Waals surface area contributed by atoms with E-state index in [1.165, 1.54) is 6.07 Å². The van der Waals surface area contributed by atoms with Crippen molar-refractivity contribution >= 4 is 6.09 Å². The maximum atomic E-state index is 13.4. The molecule has 3 N–H and O–H groups in total. The van der Waals surface area contributed by atoms with E-state index in [0.717, 1.165) is 12.1 Å². The predicted octanol–water partition coefficient (Wildman–Crippen LogP) is 3.47. The van der Waals surface area contributed by atoms with Gasteiger partial charge in [0.05, 0.1) is 11.1 Å². The highest BCUT2D eigenvalue weighted by atomic mass is 19.4. The summed E-state index contributed by atoms with van der Waals surface area (Å²) in [4.78, 5) is 10.7. The summed E-state index contributed by atoms with van der Waals surface area (Å²) < 4.78 is 51.8. The maximum absolute atomic E-state index is 13.4. The van der Waals surface area contributed by atoms with Crippen molar-refractivity contribution in [2.45, 2.75) is 43.9 Å². The Morgan fingerprint density at radius 3 is 2.39 bits per heavy atom. The van der Waals surface area contributed by atoms with Crippen LogP contribution in [0.25, 0.3) is 0 Å². The van der Waals surface area contributed by atoms with Crippen molar-refractivity contribution < 1.29 is 27.5 Å². The number of amides is 1. The lowest BCUT2D eigenvalue weighted by molar-refractivity contribution is -0.140. The fourth-order valence-corrected chi connectivity index (χ4v) is 2.46. The van der Waals surface area contributed by atoms with Crippen LogP contribution in [0, 0.1) is 5.82 Å². The quantitative estimate of drug-likeness (QED) is 0.723. The second kappa shape index (κ2) is 5.67. The van der Waals surface area contributed by atoms with Gasteiger partial charge in [-0.05, 0) is 44.4 Å². The van der Waals surface area contributed by atoms with E-state index < -0.39 is 34.7 Å². The highest BCUT2D eigenvalue weighted by molar-refractivity contribution is 5.65. The third-order valence-corrected chi connectivity index (χ3v) is 3.89. The molecule has 0 spiro atoms. The maximum Gasteiger partial charge on any atom is 0.419 e. The molecule has 0 atom stereocenters. The number of alkyl halides is 3. The van der Waals surface area contributed by atoms with Gasteiger partial charge in [-0.25, -0.2) is 9.18 Å². The fraction of sp³-hybridized carbons (Fsp3) is 0.533. The van der Waals surface area contributed by atoms with Gasteiger partial charge in [-0.1, -0.05) is 6.07 Å². The lowest BCUT2D eigenvalue weighted by atomic mass is 9.99. The Bertz CT molecular complexity index is 610. The molecule has 0 unspecified atom stereocenters. The zero-order valence-electron chi connectivity index (χ0n) is 12.7. The van der Waals surface area contributed by atoms with Gasteiger partial charge in [0.1, 0.15) is 5.82 Å². The molecule has 0 radical (unpaired) electrons. The van der Waals surface area contributed by atoms with Crippen LogP contribution in [0.1, 0.15) is 37.8 Å². The van der Waals surface area contributed by atoms with Crippen molar-refractivity contribution in [2.24, 2.45) is 0 Å². The molecule has 1 aromatic rings. The van der Waals surface area contributed by atoms with Crippen molar-refractivity contribution in [1.29, 1.82) is 0 Å². The molecule has 23 heavy (non-hydrogen) atoms. The highest BCUT2D eigenvalue weighted by Gasteiger charge is 2.46. The summed E-state index contributed by atoms with van der Waals surface area (Å²) in [5.41, 5.74) is -2.37. The van der Waals surface area contributed by atoms with Crippen LogP contribution in [-0.4, -0.2) is 23.3 Å². The van der Waals surface area contributed by atoms with Crippen LogP contribution in [0.4, 0.5) is 22.4 Å². The van der Waals surface area contributed by atoms with Gasteiger partial charge in [0.2, 0.25) is 0 Å². The fourth-order valence-electron chi connectivity index (χ4n) is 2.46. The van der Waals surface area contributed by atoms with Crippen molar-refractivity contribution in [3.8, 4) is 0 Å². The predicted molar refractivity (Wildman–Crippen MR) is 75.6 cm³/mol. The second-order valence-corrected chi connectivity index (χ2v) is 6.44. The van der Waals surface area contributed by atoms with Gasteiger partial charge in [-0.2, -0.15) is 13.2 Å². The van der Waals surface area contributed by atoms with Crippen molar-refractivity contribution in [3.63, 3.8) is 0 Å². The monoisotopic (exact) mass is 334 g/mol. The molecule has 1 aliphatic carbocycles. The summed E-state index contributed by atoms with van der Waals surface area (Å²) in [5.74, 6) is -1.30. The van der Waals surface area contributed by atoms with E-state index in [2.05, 4.69) is 10.6 Å². The summed E-state index contributed by atoms with van der Waals surface area (Å²) >= 11 is 0. The number of nitrogens with one attached hydrogen (secondary N) is 2. The number of halogens is 4. The highest BCUT2D eigenvalue weighted by Crippen LogP contribution is 2.47. The summed E-state index contributed by atoms with van der Waals surface area (Å²) in [6.45, 7) is 3.56. The first kappa shape index (κ1) is 17.5. The third kappa shape index (κ3) is 4.13. The Labute approximate surface area is 130 Å². The molecule has 1 aliphatic rings. The molecule has 0 bridgehead atoms. The zero-order valence-corrected chi connectivity index (χ0v) is 12.7. The number of carboxylic acid groups (broad SMARTS) is 1. The average molecular weight is 334 g/mol. The van der Waals surface area contributed by atoms with E-state index in [-0.39, 0.29) is 6.54 Å². The summed E-state index contributed by atoms with van der Waals surface area (Å²) in [6, 6.07) is 2.98. The lowest BCUT2D eigenvalue weighted by Gasteiger charge is -2.29. The molecule has 128 valence electrons. The molecule has 8 heteroatoms. The van der Waals surface area contributed by atoms with Crippen LogP contribution >= 0.6 is 0 Å². The first-order valence-corrected chi connectivity index (χ1v) is 7.09. The molecular weight excluding hydrogens is 316 g/mol. The van der Waals surface area contributed by atoms with Crippen molar-refractivity contribution in [3.05, 3.63) is 35.1 Å².